The molecule has 0 saturated carbocycles. The fourth-order valence-electron chi connectivity index (χ4n) is 1.43. The van der Waals surface area contributed by atoms with Gasteiger partial charge >= 0.3 is 6.72 Å². The molecule has 2 aromatic rings. The minimum absolute atomic E-state index is 0.439. The van der Waals surface area contributed by atoms with E-state index in [1.807, 2.05) is 38.1 Å². The molecule has 0 bridgehead atoms. The fourth-order valence-corrected chi connectivity index (χ4v) is 2.38. The van der Waals surface area contributed by atoms with Crippen LogP contribution in [0.25, 0.3) is 0 Å². The molecule has 20 heavy (non-hydrogen) atoms. The summed E-state index contributed by atoms with van der Waals surface area (Å²) in [4.78, 5) is 14.9. The second-order valence-corrected chi connectivity index (χ2v) is 7.00. The molecule has 0 saturated heterocycles. The van der Waals surface area contributed by atoms with Gasteiger partial charge in [-0.25, -0.2) is 0 Å². The molecule has 106 valence electrons. The lowest BCUT2D eigenvalue weighted by Gasteiger charge is -2.15. The third kappa shape index (κ3) is 4.62. The predicted octanol–water partition coefficient (Wildman–Crippen LogP) is 3.91. The molecule has 1 unspecified atom stereocenters. The van der Waals surface area contributed by atoms with Crippen molar-refractivity contribution in [3.8, 4) is 11.5 Å². The van der Waals surface area contributed by atoms with Crippen molar-refractivity contribution in [2.45, 2.75) is 13.8 Å². The van der Waals surface area contributed by atoms with Crippen molar-refractivity contribution in [2.75, 3.05) is 0 Å². The highest BCUT2D eigenvalue weighted by Crippen LogP contribution is 2.44. The Labute approximate surface area is 123 Å². The van der Waals surface area contributed by atoms with Crippen LogP contribution in [0.2, 0.25) is 0 Å². The van der Waals surface area contributed by atoms with Crippen LogP contribution in [0.4, 0.5) is 0 Å². The van der Waals surface area contributed by atoms with Gasteiger partial charge in [0.15, 0.2) is 5.75 Å². The van der Waals surface area contributed by atoms with Crippen molar-refractivity contribution in [2.24, 2.45) is 0 Å². The van der Waals surface area contributed by atoms with E-state index < -0.39 is 6.72 Å². The average molecular weight is 310 g/mol. The maximum atomic E-state index is 9.91. The Morgan fingerprint density at radius 1 is 0.850 bits per heavy atom. The van der Waals surface area contributed by atoms with Gasteiger partial charge in [-0.2, -0.15) is 0 Å². The monoisotopic (exact) mass is 310 g/mol. The molecule has 0 aliphatic rings. The van der Waals surface area contributed by atoms with Gasteiger partial charge in [-0.3, -0.25) is 0 Å². The van der Waals surface area contributed by atoms with Gasteiger partial charge in [0.05, 0.1) is 0 Å². The van der Waals surface area contributed by atoms with Gasteiger partial charge in [0, 0.05) is 11.8 Å². The Balaban J connectivity index is 1.95. The van der Waals surface area contributed by atoms with Gasteiger partial charge < -0.3 is 14.3 Å². The van der Waals surface area contributed by atoms with Gasteiger partial charge in [-0.1, -0.05) is 40.1 Å². The zero-order chi connectivity index (χ0) is 14.6. The summed E-state index contributed by atoms with van der Waals surface area (Å²) in [5, 5.41) is 0. The zero-order valence-corrected chi connectivity index (χ0v) is 12.9. The Kier molecular flexibility index (Phi) is 4.78. The first-order chi connectivity index (χ1) is 9.44. The van der Waals surface area contributed by atoms with Crippen molar-refractivity contribution >= 4 is 18.5 Å². The molecule has 0 aliphatic heterocycles. The lowest BCUT2D eigenvalue weighted by atomic mass is 10.2. The summed E-state index contributed by atoms with van der Waals surface area (Å²) in [6, 6.07) is 14.3. The van der Waals surface area contributed by atoms with Gasteiger partial charge in [0.25, 0.3) is 0 Å². The zero-order valence-electron chi connectivity index (χ0n) is 11.1. The van der Waals surface area contributed by atoms with Gasteiger partial charge in [0.2, 0.25) is 0 Å². The molecular weight excluding hydrogens is 295 g/mol. The van der Waals surface area contributed by atoms with Crippen LogP contribution in [0.5, 0.6) is 11.5 Å². The molecule has 0 amide bonds. The predicted molar refractivity (Wildman–Crippen MR) is 81.2 cm³/mol. The third-order valence-corrected chi connectivity index (χ3v) is 3.60. The molecular formula is C14H15O4PS. The third-order valence-electron chi connectivity index (χ3n) is 2.49. The van der Waals surface area contributed by atoms with E-state index in [0.717, 1.165) is 11.1 Å². The van der Waals surface area contributed by atoms with Gasteiger partial charge in [-0.15, -0.1) is 0 Å². The summed E-state index contributed by atoms with van der Waals surface area (Å²) in [5.74, 6) is 0.889. The first kappa shape index (κ1) is 15.0. The van der Waals surface area contributed by atoms with E-state index in [2.05, 4.69) is 0 Å². The maximum absolute atomic E-state index is 9.91. The van der Waals surface area contributed by atoms with Crippen LogP contribution in [0.1, 0.15) is 11.1 Å². The van der Waals surface area contributed by atoms with E-state index >= 15 is 0 Å². The lowest BCUT2D eigenvalue weighted by Crippen LogP contribution is -2.00. The Morgan fingerprint density at radius 3 is 1.80 bits per heavy atom. The number of hydrogen-bond donors (Lipinski definition) is 1. The van der Waals surface area contributed by atoms with E-state index in [9.17, 15) is 4.89 Å². The van der Waals surface area contributed by atoms with Crippen molar-refractivity contribution in [3.63, 3.8) is 0 Å². The largest absolute Gasteiger partial charge is 0.422 e. The van der Waals surface area contributed by atoms with Crippen molar-refractivity contribution in [1.29, 1.82) is 0 Å². The van der Waals surface area contributed by atoms with Crippen LogP contribution in [0.3, 0.4) is 0 Å². The number of hydrogen-bond acceptors (Lipinski definition) is 4. The SMILES string of the molecule is Cc1ccc(OOP(O)(=S)Oc2ccc(C)cc2)cc1. The van der Waals surface area contributed by atoms with Crippen LogP contribution >= 0.6 is 6.72 Å². The molecule has 1 atom stereocenters. The second-order valence-electron chi connectivity index (χ2n) is 4.34. The second kappa shape index (κ2) is 6.37. The molecule has 0 aromatic heterocycles. The van der Waals surface area contributed by atoms with Crippen LogP contribution < -0.4 is 9.41 Å². The number of aryl methyl sites for hydroxylation is 2. The summed E-state index contributed by atoms with van der Waals surface area (Å²) >= 11 is 4.88. The highest BCUT2D eigenvalue weighted by molar-refractivity contribution is 8.07. The summed E-state index contributed by atoms with van der Waals surface area (Å²) in [6.07, 6.45) is 0. The van der Waals surface area contributed by atoms with Gasteiger partial charge in [-0.05, 0) is 38.1 Å². The Bertz CT molecular complexity index is 610. The molecule has 0 radical (unpaired) electrons. The van der Waals surface area contributed by atoms with Crippen molar-refractivity contribution < 1.29 is 19.0 Å². The quantitative estimate of drug-likeness (QED) is 0.515. The van der Waals surface area contributed by atoms with Crippen molar-refractivity contribution in [1.82, 2.24) is 0 Å². The highest BCUT2D eigenvalue weighted by Gasteiger charge is 2.19. The number of benzene rings is 2. The van der Waals surface area contributed by atoms with Crippen LogP contribution in [0.15, 0.2) is 48.5 Å². The first-order valence-electron chi connectivity index (χ1n) is 5.97. The van der Waals surface area contributed by atoms with Crippen LogP contribution in [-0.4, -0.2) is 4.89 Å². The Morgan fingerprint density at radius 2 is 1.30 bits per heavy atom. The van der Waals surface area contributed by atoms with E-state index in [1.54, 1.807) is 24.3 Å². The van der Waals surface area contributed by atoms with E-state index in [4.69, 9.17) is 25.9 Å². The lowest BCUT2D eigenvalue weighted by molar-refractivity contribution is -0.109. The van der Waals surface area contributed by atoms with E-state index in [1.165, 1.54) is 0 Å². The van der Waals surface area contributed by atoms with E-state index in [0.29, 0.717) is 11.5 Å². The summed E-state index contributed by atoms with van der Waals surface area (Å²) < 4.78 is 10.1. The van der Waals surface area contributed by atoms with Gasteiger partial charge in [0.1, 0.15) is 5.75 Å². The molecule has 6 heteroatoms. The smallest absolute Gasteiger partial charge is 0.416 e. The maximum Gasteiger partial charge on any atom is 0.416 e. The highest BCUT2D eigenvalue weighted by atomic mass is 32.5. The fraction of sp³-hybridized carbons (Fsp3) is 0.143. The van der Waals surface area contributed by atoms with Crippen molar-refractivity contribution in [3.05, 3.63) is 59.7 Å². The molecule has 2 rings (SSSR count). The standard InChI is InChI=1S/C14H15O4PS/c1-11-3-7-13(8-4-11)16-18-19(15,20)17-14-9-5-12(2)6-10-14/h3-10H,1-2H3,(H,15,20). The first-order valence-corrected chi connectivity index (χ1v) is 8.56. The summed E-state index contributed by atoms with van der Waals surface area (Å²) in [7, 11) is 0. The molecule has 2 aromatic carbocycles. The minimum Gasteiger partial charge on any atom is -0.422 e. The number of rotatable bonds is 5. The summed E-state index contributed by atoms with van der Waals surface area (Å²) in [5.41, 5.74) is 2.18. The van der Waals surface area contributed by atoms with E-state index in [-0.39, 0.29) is 0 Å². The minimum atomic E-state index is -3.50. The summed E-state index contributed by atoms with van der Waals surface area (Å²) in [6.45, 7) is 0.418. The normalized spacial score (nSPS) is 13.6. The molecule has 4 nitrogen and oxygen atoms in total. The molecule has 1 N–H and O–H groups in total. The molecule has 0 spiro atoms. The Hall–Kier alpha value is -1.39. The molecule has 0 aliphatic carbocycles. The average Bonchev–Trinajstić information content (AvgIpc) is 2.41. The molecule has 0 heterocycles. The van der Waals surface area contributed by atoms with Crippen LogP contribution in [-0.2, 0) is 16.5 Å². The topological polar surface area (TPSA) is 47.9 Å². The molecule has 0 fully saturated rings. The van der Waals surface area contributed by atoms with Crippen LogP contribution in [0, 0.1) is 13.8 Å².